The van der Waals surface area contributed by atoms with Crippen LogP contribution in [-0.2, 0) is 11.2 Å². The highest BCUT2D eigenvalue weighted by Crippen LogP contribution is 2.36. The summed E-state index contributed by atoms with van der Waals surface area (Å²) in [5.74, 6) is 0.384. The number of amides is 2. The number of hydrogen-bond acceptors (Lipinski definition) is 5. The molecule has 7 nitrogen and oxygen atoms in total. The Morgan fingerprint density at radius 2 is 2.32 bits per heavy atom. The molecule has 2 aromatic rings. The summed E-state index contributed by atoms with van der Waals surface area (Å²) in [6.45, 7) is 2.68. The molecule has 2 aromatic heterocycles. The fourth-order valence-corrected chi connectivity index (χ4v) is 4.61. The van der Waals surface area contributed by atoms with Crippen molar-refractivity contribution in [2.24, 2.45) is 5.92 Å². The van der Waals surface area contributed by atoms with Crippen molar-refractivity contribution in [2.75, 3.05) is 6.54 Å². The Kier molecular flexibility index (Phi) is 4.29. The number of carbonyl (C=O) groups excluding carboxylic acids is 2. The van der Waals surface area contributed by atoms with Crippen LogP contribution in [0.1, 0.15) is 40.3 Å². The van der Waals surface area contributed by atoms with Crippen LogP contribution >= 0.6 is 11.3 Å². The Balaban J connectivity index is 1.37. The zero-order valence-corrected chi connectivity index (χ0v) is 14.9. The van der Waals surface area contributed by atoms with Crippen molar-refractivity contribution in [1.82, 2.24) is 25.4 Å². The van der Waals surface area contributed by atoms with Crippen molar-refractivity contribution in [2.45, 2.75) is 44.7 Å². The molecule has 8 heteroatoms. The van der Waals surface area contributed by atoms with Crippen LogP contribution in [0.3, 0.4) is 0 Å². The second-order valence-corrected chi connectivity index (χ2v) is 7.94. The van der Waals surface area contributed by atoms with E-state index in [0.717, 1.165) is 36.5 Å². The molecule has 132 valence electrons. The molecule has 1 saturated heterocycles. The molecule has 3 atom stereocenters. The van der Waals surface area contributed by atoms with Crippen molar-refractivity contribution >= 4 is 23.2 Å². The molecular weight excluding hydrogens is 338 g/mol. The van der Waals surface area contributed by atoms with Gasteiger partial charge in [-0.25, -0.2) is 4.98 Å². The van der Waals surface area contributed by atoms with Gasteiger partial charge in [0.05, 0.1) is 28.9 Å². The quantitative estimate of drug-likeness (QED) is 0.866. The van der Waals surface area contributed by atoms with Crippen molar-refractivity contribution in [1.29, 1.82) is 0 Å². The van der Waals surface area contributed by atoms with E-state index in [1.165, 1.54) is 6.20 Å². The first kappa shape index (κ1) is 16.3. The molecule has 3 heterocycles. The SMILES string of the molecule is Cc1nc(CC(=O)N2CC3CC2CCC3NC(=O)c2cn[nH]c2)cs1. The first-order valence-electron chi connectivity index (χ1n) is 8.60. The van der Waals surface area contributed by atoms with E-state index in [1.54, 1.807) is 17.5 Å². The van der Waals surface area contributed by atoms with Gasteiger partial charge in [0.2, 0.25) is 5.91 Å². The summed E-state index contributed by atoms with van der Waals surface area (Å²) in [5.41, 5.74) is 1.41. The highest BCUT2D eigenvalue weighted by atomic mass is 32.1. The normalized spacial score (nSPS) is 25.2. The molecule has 3 unspecified atom stereocenters. The van der Waals surface area contributed by atoms with E-state index in [4.69, 9.17) is 0 Å². The largest absolute Gasteiger partial charge is 0.349 e. The lowest BCUT2D eigenvalue weighted by atomic mass is 9.85. The average molecular weight is 359 g/mol. The number of likely N-dealkylation sites (tertiary alicyclic amines) is 1. The van der Waals surface area contributed by atoms with Crippen molar-refractivity contribution in [3.8, 4) is 0 Å². The lowest BCUT2D eigenvalue weighted by molar-refractivity contribution is -0.131. The molecule has 0 spiro atoms. The highest BCUT2D eigenvalue weighted by Gasteiger charge is 2.43. The van der Waals surface area contributed by atoms with Crippen molar-refractivity contribution in [3.05, 3.63) is 34.0 Å². The minimum absolute atomic E-state index is 0.0973. The first-order valence-corrected chi connectivity index (χ1v) is 9.48. The smallest absolute Gasteiger partial charge is 0.254 e. The number of fused-ring (bicyclic) bond motifs is 2. The van der Waals surface area contributed by atoms with Gasteiger partial charge in [0, 0.05) is 30.2 Å². The number of aromatic amines is 1. The van der Waals surface area contributed by atoms with Gasteiger partial charge in [-0.1, -0.05) is 0 Å². The Morgan fingerprint density at radius 1 is 1.44 bits per heavy atom. The Morgan fingerprint density at radius 3 is 3.04 bits per heavy atom. The van der Waals surface area contributed by atoms with Crippen LogP contribution in [0.25, 0.3) is 0 Å². The molecule has 2 amide bonds. The Labute approximate surface area is 149 Å². The third-order valence-electron chi connectivity index (χ3n) is 5.22. The van der Waals surface area contributed by atoms with Crippen LogP contribution in [0.15, 0.2) is 17.8 Å². The predicted octanol–water partition coefficient (Wildman–Crippen LogP) is 1.53. The minimum atomic E-state index is -0.0973. The summed E-state index contributed by atoms with van der Waals surface area (Å²) < 4.78 is 0. The number of nitrogens with zero attached hydrogens (tertiary/aromatic N) is 3. The van der Waals surface area contributed by atoms with E-state index in [-0.39, 0.29) is 17.9 Å². The molecule has 1 saturated carbocycles. The van der Waals surface area contributed by atoms with Gasteiger partial charge < -0.3 is 10.2 Å². The standard InChI is InChI=1S/C17H21N5O2S/c1-10-20-13(9-25-10)5-16(23)22-8-11-4-14(22)2-3-15(11)21-17(24)12-6-18-19-7-12/h6-7,9,11,14-15H,2-5,8H2,1H3,(H,18,19)(H,21,24). The number of aryl methyl sites for hydroxylation is 1. The molecule has 4 rings (SSSR count). The second-order valence-electron chi connectivity index (χ2n) is 6.87. The predicted molar refractivity (Wildman–Crippen MR) is 93.2 cm³/mol. The van der Waals surface area contributed by atoms with E-state index in [0.29, 0.717) is 23.9 Å². The van der Waals surface area contributed by atoms with E-state index >= 15 is 0 Å². The minimum Gasteiger partial charge on any atom is -0.349 e. The van der Waals surface area contributed by atoms with Gasteiger partial charge >= 0.3 is 0 Å². The zero-order chi connectivity index (χ0) is 17.4. The summed E-state index contributed by atoms with van der Waals surface area (Å²) in [7, 11) is 0. The van der Waals surface area contributed by atoms with Crippen LogP contribution in [0, 0.1) is 12.8 Å². The summed E-state index contributed by atoms with van der Waals surface area (Å²) in [6, 6.07) is 0.428. The molecular formula is C17H21N5O2S. The third kappa shape index (κ3) is 3.30. The number of carbonyl (C=O) groups is 2. The average Bonchev–Trinajstić information content (AvgIpc) is 3.31. The van der Waals surface area contributed by atoms with Crippen LogP contribution < -0.4 is 5.32 Å². The van der Waals surface area contributed by atoms with Gasteiger partial charge in [-0.3, -0.25) is 14.7 Å². The van der Waals surface area contributed by atoms with Gasteiger partial charge in [0.25, 0.3) is 5.91 Å². The van der Waals surface area contributed by atoms with Crippen LogP contribution in [0.5, 0.6) is 0 Å². The second kappa shape index (κ2) is 6.59. The summed E-state index contributed by atoms with van der Waals surface area (Å²) >= 11 is 1.58. The highest BCUT2D eigenvalue weighted by molar-refractivity contribution is 7.09. The zero-order valence-electron chi connectivity index (χ0n) is 14.1. The van der Waals surface area contributed by atoms with E-state index in [1.807, 2.05) is 17.2 Å². The maximum atomic E-state index is 12.7. The number of nitrogens with one attached hydrogen (secondary N) is 2. The summed E-state index contributed by atoms with van der Waals surface area (Å²) in [4.78, 5) is 31.3. The lowest BCUT2D eigenvalue weighted by Gasteiger charge is -2.29. The number of H-pyrrole nitrogens is 1. The van der Waals surface area contributed by atoms with Gasteiger partial charge in [0.1, 0.15) is 0 Å². The van der Waals surface area contributed by atoms with Crippen LogP contribution in [-0.4, -0.2) is 50.5 Å². The van der Waals surface area contributed by atoms with Gasteiger partial charge in [0.15, 0.2) is 0 Å². The van der Waals surface area contributed by atoms with E-state index < -0.39 is 0 Å². The number of aromatic nitrogens is 3. The summed E-state index contributed by atoms with van der Waals surface area (Å²) in [6.07, 6.45) is 6.33. The lowest BCUT2D eigenvalue weighted by Crippen LogP contribution is -2.42. The topological polar surface area (TPSA) is 91.0 Å². The third-order valence-corrected chi connectivity index (χ3v) is 6.05. The van der Waals surface area contributed by atoms with Gasteiger partial charge in [-0.15, -0.1) is 11.3 Å². The molecule has 25 heavy (non-hydrogen) atoms. The van der Waals surface area contributed by atoms with Gasteiger partial charge in [-0.05, 0) is 32.1 Å². The monoisotopic (exact) mass is 359 g/mol. The molecule has 1 aliphatic heterocycles. The molecule has 2 aliphatic rings. The number of hydrogen-bond donors (Lipinski definition) is 2. The maximum Gasteiger partial charge on any atom is 0.254 e. The molecule has 2 bridgehead atoms. The molecule has 0 radical (unpaired) electrons. The Hall–Kier alpha value is -2.22. The van der Waals surface area contributed by atoms with Crippen LogP contribution in [0.2, 0.25) is 0 Å². The molecule has 2 fully saturated rings. The fraction of sp³-hybridized carbons (Fsp3) is 0.529. The van der Waals surface area contributed by atoms with E-state index in [9.17, 15) is 9.59 Å². The van der Waals surface area contributed by atoms with E-state index in [2.05, 4.69) is 20.5 Å². The molecule has 1 aliphatic carbocycles. The van der Waals surface area contributed by atoms with Crippen molar-refractivity contribution < 1.29 is 9.59 Å². The number of rotatable bonds is 4. The van der Waals surface area contributed by atoms with Crippen molar-refractivity contribution in [3.63, 3.8) is 0 Å². The maximum absolute atomic E-state index is 12.7. The molecule has 0 aromatic carbocycles. The molecule has 2 N–H and O–H groups in total. The fourth-order valence-electron chi connectivity index (χ4n) is 3.99. The first-order chi connectivity index (χ1) is 12.1. The van der Waals surface area contributed by atoms with Crippen LogP contribution in [0.4, 0.5) is 0 Å². The number of thiazole rings is 1. The van der Waals surface area contributed by atoms with Gasteiger partial charge in [-0.2, -0.15) is 5.10 Å². The Bertz CT molecular complexity index is 772. The summed E-state index contributed by atoms with van der Waals surface area (Å²) in [5, 5.41) is 12.5.